The number of fused-ring (bicyclic) bond motifs is 1. The van der Waals surface area contributed by atoms with E-state index in [9.17, 15) is 19.2 Å². The summed E-state index contributed by atoms with van der Waals surface area (Å²) in [5, 5.41) is 5.64. The molecule has 0 spiro atoms. The van der Waals surface area contributed by atoms with Crippen LogP contribution in [0.25, 0.3) is 17.4 Å². The number of hydrogen-bond donors (Lipinski definition) is 0. The maximum Gasteiger partial charge on any atom is 0.338 e. The van der Waals surface area contributed by atoms with E-state index in [4.69, 9.17) is 9.15 Å². The summed E-state index contributed by atoms with van der Waals surface area (Å²) in [4.78, 5) is 51.6. The van der Waals surface area contributed by atoms with Crippen LogP contribution in [0.1, 0.15) is 64.5 Å². The smallest absolute Gasteiger partial charge is 0.338 e. The number of nitrogens with zero attached hydrogens (tertiary/aromatic N) is 3. The fourth-order valence-corrected chi connectivity index (χ4v) is 4.42. The van der Waals surface area contributed by atoms with E-state index in [1.54, 1.807) is 88.4 Å². The van der Waals surface area contributed by atoms with Gasteiger partial charge in [0.25, 0.3) is 17.7 Å². The summed E-state index contributed by atoms with van der Waals surface area (Å²) in [6.45, 7) is 7.33. The summed E-state index contributed by atoms with van der Waals surface area (Å²) in [6.07, 6.45) is 1.61. The predicted molar refractivity (Wildman–Crippen MR) is 141 cm³/mol. The number of carbonyl (C=O) groups excluding carboxylic acids is 4. The topological polar surface area (TPSA) is 109 Å². The second kappa shape index (κ2) is 9.59. The highest BCUT2D eigenvalue weighted by atomic mass is 16.5. The Hall–Kier alpha value is -4.79. The number of anilines is 1. The number of hydrogen-bond acceptors (Lipinski definition) is 7. The molecule has 0 fully saturated rings. The molecule has 0 aliphatic carbocycles. The molecule has 0 saturated carbocycles. The molecule has 0 N–H and O–H groups in total. The first-order chi connectivity index (χ1) is 18.2. The quantitative estimate of drug-likeness (QED) is 0.264. The van der Waals surface area contributed by atoms with Crippen LogP contribution < -0.4 is 5.01 Å². The number of benzene rings is 2. The number of carbonyl (C=O) groups is 4. The number of amides is 3. The van der Waals surface area contributed by atoms with Crippen LogP contribution in [0, 0.1) is 0 Å². The van der Waals surface area contributed by atoms with E-state index in [0.717, 1.165) is 0 Å². The van der Waals surface area contributed by atoms with Crippen LogP contribution in [0.2, 0.25) is 0 Å². The molecule has 0 atom stereocenters. The van der Waals surface area contributed by atoms with Crippen LogP contribution in [0.4, 0.5) is 5.69 Å². The van der Waals surface area contributed by atoms with Gasteiger partial charge in [-0.05, 0) is 82.3 Å². The standard InChI is InChI=1S/C29H25N3O6/c1-5-37-29(36)18-6-9-20(10-7-18)32-28(35)23(17(4)30-32)15-21-11-13-25(38-21)19-8-12-22-24(14-19)27(34)31(16(2)3)26(22)33/h6-16H,5H2,1-4H3/b23-15+. The van der Waals surface area contributed by atoms with Crippen molar-refractivity contribution in [1.29, 1.82) is 0 Å². The number of esters is 1. The highest BCUT2D eigenvalue weighted by Gasteiger charge is 2.37. The van der Waals surface area contributed by atoms with Crippen molar-refractivity contribution in [1.82, 2.24) is 4.90 Å². The SMILES string of the molecule is CCOC(=O)c1ccc(N2N=C(C)/C(=C\c3ccc(-c4ccc5c(c4)C(=O)N(C(C)C)C5=O)o3)C2=O)cc1. The Morgan fingerprint density at radius 2 is 1.68 bits per heavy atom. The number of furan rings is 1. The predicted octanol–water partition coefficient (Wildman–Crippen LogP) is 4.93. The van der Waals surface area contributed by atoms with Gasteiger partial charge in [0.15, 0.2) is 0 Å². The van der Waals surface area contributed by atoms with Crippen LogP contribution in [0.15, 0.2) is 69.7 Å². The van der Waals surface area contributed by atoms with Gasteiger partial charge in [-0.3, -0.25) is 19.3 Å². The highest BCUT2D eigenvalue weighted by Crippen LogP contribution is 2.32. The molecule has 38 heavy (non-hydrogen) atoms. The molecule has 2 aliphatic rings. The third kappa shape index (κ3) is 4.21. The molecule has 192 valence electrons. The van der Waals surface area contributed by atoms with Crippen molar-refractivity contribution in [2.75, 3.05) is 11.6 Å². The van der Waals surface area contributed by atoms with E-state index in [1.807, 2.05) is 0 Å². The first-order valence-corrected chi connectivity index (χ1v) is 12.2. The fourth-order valence-electron chi connectivity index (χ4n) is 4.42. The molecule has 9 heteroatoms. The van der Waals surface area contributed by atoms with E-state index in [0.29, 0.717) is 50.7 Å². The molecule has 0 radical (unpaired) electrons. The lowest BCUT2D eigenvalue weighted by molar-refractivity contribution is -0.114. The van der Waals surface area contributed by atoms with Gasteiger partial charge in [0, 0.05) is 11.6 Å². The summed E-state index contributed by atoms with van der Waals surface area (Å²) >= 11 is 0. The number of rotatable bonds is 6. The average Bonchev–Trinajstić information content (AvgIpc) is 3.55. The Labute approximate surface area is 219 Å². The van der Waals surface area contributed by atoms with Gasteiger partial charge in [-0.15, -0.1) is 0 Å². The minimum absolute atomic E-state index is 0.239. The first-order valence-electron chi connectivity index (χ1n) is 12.2. The van der Waals surface area contributed by atoms with Crippen molar-refractivity contribution in [2.24, 2.45) is 5.10 Å². The number of imide groups is 1. The monoisotopic (exact) mass is 511 g/mol. The van der Waals surface area contributed by atoms with Crippen molar-refractivity contribution < 1.29 is 28.3 Å². The first kappa shape index (κ1) is 24.9. The molecule has 9 nitrogen and oxygen atoms in total. The van der Waals surface area contributed by atoms with Crippen LogP contribution in [0.5, 0.6) is 0 Å². The molecular formula is C29H25N3O6. The maximum absolute atomic E-state index is 13.1. The van der Waals surface area contributed by atoms with E-state index in [1.165, 1.54) is 9.91 Å². The van der Waals surface area contributed by atoms with Gasteiger partial charge in [-0.1, -0.05) is 6.07 Å². The fraction of sp³-hybridized carbons (Fsp3) is 0.207. The van der Waals surface area contributed by atoms with Crippen LogP contribution in [-0.4, -0.2) is 47.0 Å². The van der Waals surface area contributed by atoms with Gasteiger partial charge in [0.2, 0.25) is 0 Å². The molecule has 0 bridgehead atoms. The molecule has 2 aliphatic heterocycles. The van der Waals surface area contributed by atoms with E-state index < -0.39 is 5.97 Å². The van der Waals surface area contributed by atoms with Gasteiger partial charge < -0.3 is 9.15 Å². The van der Waals surface area contributed by atoms with E-state index >= 15 is 0 Å². The molecule has 3 aromatic rings. The normalized spacial score (nSPS) is 16.1. The zero-order valence-electron chi connectivity index (χ0n) is 21.3. The second-order valence-corrected chi connectivity index (χ2v) is 9.16. The Morgan fingerprint density at radius 3 is 2.37 bits per heavy atom. The van der Waals surface area contributed by atoms with Crippen molar-refractivity contribution in [2.45, 2.75) is 33.7 Å². The third-order valence-corrected chi connectivity index (χ3v) is 6.32. The molecule has 3 amide bonds. The van der Waals surface area contributed by atoms with Gasteiger partial charge in [-0.2, -0.15) is 10.1 Å². The molecular weight excluding hydrogens is 486 g/mol. The van der Waals surface area contributed by atoms with E-state index in [2.05, 4.69) is 5.10 Å². The Balaban J connectivity index is 1.37. The Kier molecular flexibility index (Phi) is 6.28. The lowest BCUT2D eigenvalue weighted by Crippen LogP contribution is -2.35. The van der Waals surface area contributed by atoms with Crippen molar-refractivity contribution in [3.8, 4) is 11.3 Å². The lowest BCUT2D eigenvalue weighted by atomic mass is 10.0. The van der Waals surface area contributed by atoms with E-state index in [-0.39, 0.29) is 30.4 Å². The summed E-state index contributed by atoms with van der Waals surface area (Å²) in [6, 6.07) is 14.7. The summed E-state index contributed by atoms with van der Waals surface area (Å²) < 4.78 is 11.0. The number of ether oxygens (including phenoxy) is 1. The van der Waals surface area contributed by atoms with Gasteiger partial charge in [0.05, 0.1) is 40.3 Å². The molecule has 5 rings (SSSR count). The van der Waals surface area contributed by atoms with Gasteiger partial charge >= 0.3 is 5.97 Å². The van der Waals surface area contributed by atoms with Crippen molar-refractivity contribution in [3.05, 3.63) is 82.6 Å². The summed E-state index contributed by atoms with van der Waals surface area (Å²) in [7, 11) is 0. The largest absolute Gasteiger partial charge is 0.462 e. The lowest BCUT2D eigenvalue weighted by Gasteiger charge is -2.17. The van der Waals surface area contributed by atoms with Gasteiger partial charge in [-0.25, -0.2) is 4.79 Å². The molecule has 0 unspecified atom stereocenters. The summed E-state index contributed by atoms with van der Waals surface area (Å²) in [5.41, 5.74) is 3.14. The minimum atomic E-state index is -0.433. The highest BCUT2D eigenvalue weighted by molar-refractivity contribution is 6.32. The maximum atomic E-state index is 13.1. The minimum Gasteiger partial charge on any atom is -0.462 e. The average molecular weight is 512 g/mol. The van der Waals surface area contributed by atoms with Gasteiger partial charge in [0.1, 0.15) is 11.5 Å². The molecule has 1 aromatic heterocycles. The molecule has 3 heterocycles. The van der Waals surface area contributed by atoms with Crippen LogP contribution >= 0.6 is 0 Å². The van der Waals surface area contributed by atoms with Crippen LogP contribution in [0.3, 0.4) is 0 Å². The zero-order chi connectivity index (χ0) is 27.1. The number of hydrazone groups is 1. The summed E-state index contributed by atoms with van der Waals surface area (Å²) in [5.74, 6) is -0.462. The third-order valence-electron chi connectivity index (χ3n) is 6.32. The van der Waals surface area contributed by atoms with Crippen molar-refractivity contribution in [3.63, 3.8) is 0 Å². The Bertz CT molecular complexity index is 1540. The molecule has 2 aromatic carbocycles. The zero-order valence-corrected chi connectivity index (χ0v) is 21.3. The van der Waals surface area contributed by atoms with Crippen molar-refractivity contribution >= 4 is 41.2 Å². The molecule has 0 saturated heterocycles. The second-order valence-electron chi connectivity index (χ2n) is 9.16. The Morgan fingerprint density at radius 1 is 0.974 bits per heavy atom. The van der Waals surface area contributed by atoms with Crippen LogP contribution in [-0.2, 0) is 9.53 Å².